The molecule has 0 bridgehead atoms. The smallest absolute Gasteiger partial charge is 0.259 e. The number of rotatable bonds is 3. The van der Waals surface area contributed by atoms with Crippen LogP contribution in [-0.4, -0.2) is 15.7 Å². The molecule has 1 heterocycles. The molecule has 1 aromatic heterocycles. The molecule has 0 spiro atoms. The summed E-state index contributed by atoms with van der Waals surface area (Å²) in [6.07, 6.45) is 1.62. The summed E-state index contributed by atoms with van der Waals surface area (Å²) in [5.41, 5.74) is 5.36. The number of amides is 1. The molecule has 0 aliphatic carbocycles. The maximum atomic E-state index is 12.5. The summed E-state index contributed by atoms with van der Waals surface area (Å²) in [4.78, 5) is 12.5. The van der Waals surface area contributed by atoms with Crippen LogP contribution in [0.2, 0.25) is 0 Å². The van der Waals surface area contributed by atoms with Gasteiger partial charge in [0.05, 0.1) is 23.1 Å². The molecule has 4 nitrogen and oxygen atoms in total. The van der Waals surface area contributed by atoms with Gasteiger partial charge in [0.15, 0.2) is 0 Å². The Bertz CT molecular complexity index is 865. The van der Waals surface area contributed by atoms with Crippen molar-refractivity contribution in [2.75, 3.05) is 5.32 Å². The second-order valence-corrected chi connectivity index (χ2v) is 5.66. The van der Waals surface area contributed by atoms with Gasteiger partial charge in [-0.3, -0.25) is 4.79 Å². The predicted octanol–water partition coefficient (Wildman–Crippen LogP) is 4.05. The van der Waals surface area contributed by atoms with E-state index in [-0.39, 0.29) is 5.91 Å². The van der Waals surface area contributed by atoms with E-state index in [2.05, 4.69) is 10.4 Å². The molecule has 0 atom stereocenters. The summed E-state index contributed by atoms with van der Waals surface area (Å²) in [6.45, 7) is 5.91. The van der Waals surface area contributed by atoms with Gasteiger partial charge in [-0.15, -0.1) is 0 Å². The Morgan fingerprint density at radius 2 is 1.83 bits per heavy atom. The topological polar surface area (TPSA) is 46.9 Å². The van der Waals surface area contributed by atoms with Gasteiger partial charge < -0.3 is 5.32 Å². The van der Waals surface area contributed by atoms with Crippen LogP contribution in [0.1, 0.15) is 27.2 Å². The number of hydrogen-bond acceptors (Lipinski definition) is 2. The molecule has 0 unspecified atom stereocenters. The highest BCUT2D eigenvalue weighted by Gasteiger charge is 2.15. The number of carbonyl (C=O) groups excluding carboxylic acids is 1. The first-order valence-corrected chi connectivity index (χ1v) is 7.55. The first-order chi connectivity index (χ1) is 11.1. The van der Waals surface area contributed by atoms with Crippen molar-refractivity contribution in [3.63, 3.8) is 0 Å². The lowest BCUT2D eigenvalue weighted by molar-refractivity contribution is 0.102. The second-order valence-electron chi connectivity index (χ2n) is 5.66. The number of hydrogen-bond donors (Lipinski definition) is 1. The third-order valence-corrected chi connectivity index (χ3v) is 3.89. The Kier molecular flexibility index (Phi) is 3.98. The van der Waals surface area contributed by atoms with Crippen molar-refractivity contribution >= 4 is 11.6 Å². The average Bonchev–Trinajstić information content (AvgIpc) is 2.91. The molecule has 4 heteroatoms. The van der Waals surface area contributed by atoms with Gasteiger partial charge in [-0.1, -0.05) is 30.3 Å². The van der Waals surface area contributed by atoms with Crippen molar-refractivity contribution < 1.29 is 4.79 Å². The van der Waals surface area contributed by atoms with Crippen LogP contribution < -0.4 is 5.32 Å². The molecule has 2 aromatic carbocycles. The maximum absolute atomic E-state index is 12.5. The molecule has 0 saturated heterocycles. The molecule has 0 saturated carbocycles. The van der Waals surface area contributed by atoms with Gasteiger partial charge in [-0.05, 0) is 50.1 Å². The van der Waals surface area contributed by atoms with E-state index < -0.39 is 0 Å². The Morgan fingerprint density at radius 1 is 1.04 bits per heavy atom. The zero-order valence-electron chi connectivity index (χ0n) is 13.5. The van der Waals surface area contributed by atoms with Crippen molar-refractivity contribution in [1.82, 2.24) is 9.78 Å². The minimum Gasteiger partial charge on any atom is -0.322 e. The molecule has 23 heavy (non-hydrogen) atoms. The molecule has 0 fully saturated rings. The van der Waals surface area contributed by atoms with Crippen molar-refractivity contribution in [3.05, 3.63) is 77.1 Å². The highest BCUT2D eigenvalue weighted by Crippen LogP contribution is 2.18. The summed E-state index contributed by atoms with van der Waals surface area (Å²) in [6, 6.07) is 15.8. The first kappa shape index (κ1) is 15.0. The molecular weight excluding hydrogens is 286 g/mol. The van der Waals surface area contributed by atoms with Gasteiger partial charge in [-0.2, -0.15) is 5.10 Å². The number of para-hydroxylation sites is 1. The quantitative estimate of drug-likeness (QED) is 0.793. The summed E-state index contributed by atoms with van der Waals surface area (Å²) in [7, 11) is 0. The summed E-state index contributed by atoms with van der Waals surface area (Å²) < 4.78 is 1.79. The molecule has 3 rings (SSSR count). The summed E-state index contributed by atoms with van der Waals surface area (Å²) in [5, 5.41) is 7.32. The molecule has 116 valence electrons. The van der Waals surface area contributed by atoms with Gasteiger partial charge in [-0.25, -0.2) is 4.68 Å². The maximum Gasteiger partial charge on any atom is 0.259 e. The normalized spacial score (nSPS) is 10.6. The Hall–Kier alpha value is -2.88. The van der Waals surface area contributed by atoms with Gasteiger partial charge >= 0.3 is 0 Å². The standard InChI is InChI=1S/C19H19N3O/c1-13-7-6-9-16(11-13)22-15(3)17(12-20-22)19(23)21-18-10-5-4-8-14(18)2/h4-12H,1-3H3,(H,21,23). The molecule has 3 aromatic rings. The Balaban J connectivity index is 1.90. The largest absolute Gasteiger partial charge is 0.322 e. The summed E-state index contributed by atoms with van der Waals surface area (Å²) >= 11 is 0. The number of nitrogens with one attached hydrogen (secondary N) is 1. The van der Waals surface area contributed by atoms with Crippen LogP contribution in [0.3, 0.4) is 0 Å². The molecule has 0 aliphatic rings. The van der Waals surface area contributed by atoms with E-state index >= 15 is 0 Å². The molecule has 1 amide bonds. The number of aryl methyl sites for hydroxylation is 2. The molecule has 1 N–H and O–H groups in total. The zero-order chi connectivity index (χ0) is 16.4. The number of nitrogens with zero attached hydrogens (tertiary/aromatic N) is 2. The number of anilines is 1. The second kappa shape index (κ2) is 6.08. The van der Waals surface area contributed by atoms with Crippen molar-refractivity contribution in [1.29, 1.82) is 0 Å². The fraction of sp³-hybridized carbons (Fsp3) is 0.158. The van der Waals surface area contributed by atoms with E-state index in [0.717, 1.165) is 28.2 Å². The Morgan fingerprint density at radius 3 is 2.57 bits per heavy atom. The van der Waals surface area contributed by atoms with Crippen molar-refractivity contribution in [2.45, 2.75) is 20.8 Å². The highest BCUT2D eigenvalue weighted by molar-refractivity contribution is 6.05. The average molecular weight is 305 g/mol. The predicted molar refractivity (Wildman–Crippen MR) is 92.2 cm³/mol. The van der Waals surface area contributed by atoms with Crippen molar-refractivity contribution in [2.24, 2.45) is 0 Å². The SMILES string of the molecule is Cc1cccc(-n2ncc(C(=O)Nc3ccccc3C)c2C)c1. The fourth-order valence-corrected chi connectivity index (χ4v) is 2.56. The van der Waals surface area contributed by atoms with Gasteiger partial charge in [0, 0.05) is 5.69 Å². The molecular formula is C19H19N3O. The lowest BCUT2D eigenvalue weighted by atomic mass is 10.2. The van der Waals surface area contributed by atoms with Crippen LogP contribution >= 0.6 is 0 Å². The van der Waals surface area contributed by atoms with Crippen LogP contribution in [0.4, 0.5) is 5.69 Å². The first-order valence-electron chi connectivity index (χ1n) is 7.55. The van der Waals surface area contributed by atoms with Crippen LogP contribution in [0.25, 0.3) is 5.69 Å². The third-order valence-electron chi connectivity index (χ3n) is 3.89. The Labute approximate surface area is 135 Å². The van der Waals surface area contributed by atoms with Crippen LogP contribution in [0, 0.1) is 20.8 Å². The minimum absolute atomic E-state index is 0.143. The number of carbonyl (C=O) groups is 1. The van der Waals surface area contributed by atoms with E-state index in [1.54, 1.807) is 10.9 Å². The third kappa shape index (κ3) is 3.01. The van der Waals surface area contributed by atoms with Crippen LogP contribution in [0.15, 0.2) is 54.7 Å². The monoisotopic (exact) mass is 305 g/mol. The van der Waals surface area contributed by atoms with Gasteiger partial charge in [0.1, 0.15) is 0 Å². The van der Waals surface area contributed by atoms with E-state index in [9.17, 15) is 4.79 Å². The van der Waals surface area contributed by atoms with Crippen LogP contribution in [0.5, 0.6) is 0 Å². The van der Waals surface area contributed by atoms with Crippen LogP contribution in [-0.2, 0) is 0 Å². The lowest BCUT2D eigenvalue weighted by Crippen LogP contribution is -2.13. The minimum atomic E-state index is -0.143. The van der Waals surface area contributed by atoms with E-state index in [1.165, 1.54) is 0 Å². The number of aromatic nitrogens is 2. The highest BCUT2D eigenvalue weighted by atomic mass is 16.1. The van der Waals surface area contributed by atoms with E-state index in [0.29, 0.717) is 5.56 Å². The summed E-state index contributed by atoms with van der Waals surface area (Å²) in [5.74, 6) is -0.143. The molecule has 0 aliphatic heterocycles. The zero-order valence-corrected chi connectivity index (χ0v) is 13.5. The van der Waals surface area contributed by atoms with Gasteiger partial charge in [0.25, 0.3) is 5.91 Å². The fourth-order valence-electron chi connectivity index (χ4n) is 2.56. The van der Waals surface area contributed by atoms with Gasteiger partial charge in [0.2, 0.25) is 0 Å². The lowest BCUT2D eigenvalue weighted by Gasteiger charge is -2.09. The number of benzene rings is 2. The molecule has 0 radical (unpaired) electrons. The van der Waals surface area contributed by atoms with E-state index in [4.69, 9.17) is 0 Å². The van der Waals surface area contributed by atoms with Crippen molar-refractivity contribution in [3.8, 4) is 5.69 Å². The van der Waals surface area contributed by atoms with E-state index in [1.807, 2.05) is 69.3 Å².